The summed E-state index contributed by atoms with van der Waals surface area (Å²) in [6.07, 6.45) is 1.85. The molecule has 0 spiro atoms. The normalized spacial score (nSPS) is 16.4. The van der Waals surface area contributed by atoms with Crippen molar-refractivity contribution in [2.45, 2.75) is 27.2 Å². The minimum Gasteiger partial charge on any atom is -0.506 e. The molecule has 0 radical (unpaired) electrons. The molecule has 1 aliphatic heterocycles. The smallest absolute Gasteiger partial charge is 0.344 e. The Hall–Kier alpha value is -2.26. The second kappa shape index (κ2) is 10.5. The Balaban J connectivity index is 2.52. The van der Waals surface area contributed by atoms with Gasteiger partial charge in [0.15, 0.2) is 11.5 Å². The summed E-state index contributed by atoms with van der Waals surface area (Å²) in [5, 5.41) is 10.7. The van der Waals surface area contributed by atoms with Gasteiger partial charge in [0.1, 0.15) is 16.4 Å². The van der Waals surface area contributed by atoms with E-state index in [1.807, 2.05) is 6.92 Å². The number of nitrogens with zero attached hydrogens (tertiary/aromatic N) is 1. The molecule has 1 aliphatic rings. The van der Waals surface area contributed by atoms with Gasteiger partial charge in [-0.25, -0.2) is 9.79 Å². The molecule has 1 N–H and O–H groups in total. The molecule has 1 heterocycles. The van der Waals surface area contributed by atoms with Gasteiger partial charge < -0.3 is 19.3 Å². The van der Waals surface area contributed by atoms with Gasteiger partial charge in [-0.05, 0) is 53.5 Å². The number of benzene rings is 1. The largest absolute Gasteiger partial charge is 0.506 e. The number of ether oxygens (including phenoxy) is 3. The lowest BCUT2D eigenvalue weighted by atomic mass is 10.1. The van der Waals surface area contributed by atoms with E-state index in [2.05, 4.69) is 20.9 Å². The topological polar surface area (TPSA) is 94.4 Å². The molecule has 1 aromatic carbocycles. The first-order valence-corrected chi connectivity index (χ1v) is 10.6. The minimum atomic E-state index is -0.728. The first kappa shape index (κ1) is 23.0. The minimum absolute atomic E-state index is 0.109. The van der Waals surface area contributed by atoms with Gasteiger partial charge in [0.05, 0.1) is 29.7 Å². The number of thioether (sulfide) groups is 1. The van der Waals surface area contributed by atoms with E-state index >= 15 is 0 Å². The van der Waals surface area contributed by atoms with Crippen LogP contribution in [0.15, 0.2) is 37.8 Å². The number of hydrogen-bond acceptors (Lipinski definition) is 7. The maximum Gasteiger partial charge on any atom is 0.344 e. The van der Waals surface area contributed by atoms with Crippen molar-refractivity contribution < 1.29 is 28.9 Å². The highest BCUT2D eigenvalue weighted by Crippen LogP contribution is 2.41. The number of methoxy groups -OCH3 is 1. The Kier molecular flexibility index (Phi) is 8.33. The predicted octanol–water partition coefficient (Wildman–Crippen LogP) is 4.65. The van der Waals surface area contributed by atoms with E-state index in [4.69, 9.17) is 14.2 Å². The summed E-state index contributed by atoms with van der Waals surface area (Å²) in [4.78, 5) is 28.4. The molecule has 2 rings (SSSR count). The third kappa shape index (κ3) is 5.42. The first-order valence-electron chi connectivity index (χ1n) is 8.98. The number of carbonyl (C=O) groups excluding carboxylic acids is 2. The van der Waals surface area contributed by atoms with E-state index in [0.29, 0.717) is 33.0 Å². The van der Waals surface area contributed by atoms with Crippen LogP contribution in [0.25, 0.3) is 6.08 Å². The highest BCUT2D eigenvalue weighted by molar-refractivity contribution is 9.10. The summed E-state index contributed by atoms with van der Waals surface area (Å²) in [5.74, 6) is -0.317. The molecular formula is C20H22BrNO6S. The second-order valence-electron chi connectivity index (χ2n) is 5.69. The van der Waals surface area contributed by atoms with Crippen LogP contribution in [0, 0.1) is 0 Å². The number of amides is 1. The highest BCUT2D eigenvalue weighted by Gasteiger charge is 2.33. The number of carbonyl (C=O) groups is 2. The molecule has 156 valence electrons. The molecule has 1 aromatic rings. The second-order valence-corrected chi connectivity index (χ2v) is 7.57. The molecular weight excluding hydrogens is 462 g/mol. The van der Waals surface area contributed by atoms with Crippen LogP contribution in [0.3, 0.4) is 0 Å². The molecule has 0 saturated carbocycles. The first-order chi connectivity index (χ1) is 13.9. The van der Waals surface area contributed by atoms with Crippen molar-refractivity contribution in [2.75, 3.05) is 20.3 Å². The summed E-state index contributed by atoms with van der Waals surface area (Å²) in [7, 11) is 1.53. The third-order valence-corrected chi connectivity index (χ3v) is 5.35. The van der Waals surface area contributed by atoms with Crippen molar-refractivity contribution in [2.24, 2.45) is 4.99 Å². The maximum atomic E-state index is 12.3. The summed E-state index contributed by atoms with van der Waals surface area (Å²) in [5.41, 5.74) is 0.583. The van der Waals surface area contributed by atoms with Gasteiger partial charge in [-0.2, -0.15) is 0 Å². The molecule has 0 aromatic heterocycles. The lowest BCUT2D eigenvalue weighted by molar-refractivity contribution is -0.138. The lowest BCUT2D eigenvalue weighted by Crippen LogP contribution is -2.14. The molecule has 29 heavy (non-hydrogen) atoms. The zero-order chi connectivity index (χ0) is 21.6. The van der Waals surface area contributed by atoms with E-state index in [9.17, 15) is 14.7 Å². The van der Waals surface area contributed by atoms with Gasteiger partial charge in [-0.1, -0.05) is 18.7 Å². The van der Waals surface area contributed by atoms with Crippen LogP contribution in [0.2, 0.25) is 0 Å². The van der Waals surface area contributed by atoms with Gasteiger partial charge in [0.2, 0.25) is 5.91 Å². The zero-order valence-corrected chi connectivity index (χ0v) is 19.0. The average Bonchev–Trinajstić information content (AvgIpc) is 2.98. The fourth-order valence-corrected chi connectivity index (χ4v) is 4.05. The quantitative estimate of drug-likeness (QED) is 0.563. The zero-order valence-electron chi connectivity index (χ0n) is 16.6. The maximum absolute atomic E-state index is 12.3. The van der Waals surface area contributed by atoms with Crippen molar-refractivity contribution in [1.29, 1.82) is 0 Å². The Morgan fingerprint density at radius 3 is 2.55 bits per heavy atom. The van der Waals surface area contributed by atoms with Crippen LogP contribution in [0.4, 0.5) is 0 Å². The summed E-state index contributed by atoms with van der Waals surface area (Å²) in [6.45, 7) is 5.81. The monoisotopic (exact) mass is 483 g/mol. The van der Waals surface area contributed by atoms with Gasteiger partial charge in [-0.15, -0.1) is 0 Å². The molecule has 0 aliphatic carbocycles. The predicted molar refractivity (Wildman–Crippen MR) is 116 cm³/mol. The molecule has 1 amide bonds. The van der Waals surface area contributed by atoms with Crippen molar-refractivity contribution in [3.63, 3.8) is 0 Å². The average molecular weight is 484 g/mol. The summed E-state index contributed by atoms with van der Waals surface area (Å²) < 4.78 is 16.6. The fraction of sp³-hybridized carbons (Fsp3) is 0.350. The van der Waals surface area contributed by atoms with Crippen LogP contribution in [-0.4, -0.2) is 42.4 Å². The van der Waals surface area contributed by atoms with Crippen molar-refractivity contribution >= 4 is 50.7 Å². The number of halogens is 1. The van der Waals surface area contributed by atoms with E-state index in [1.165, 1.54) is 7.11 Å². The van der Waals surface area contributed by atoms with Crippen molar-refractivity contribution in [3.05, 3.63) is 38.4 Å². The van der Waals surface area contributed by atoms with Crippen LogP contribution in [0.1, 0.15) is 32.8 Å². The number of rotatable bonds is 7. The molecule has 0 unspecified atom stereocenters. The van der Waals surface area contributed by atoms with Crippen molar-refractivity contribution in [1.82, 2.24) is 0 Å². The van der Waals surface area contributed by atoms with Gasteiger partial charge in [0, 0.05) is 6.42 Å². The van der Waals surface area contributed by atoms with Crippen LogP contribution in [0.5, 0.6) is 11.5 Å². The third-order valence-electron chi connectivity index (χ3n) is 3.74. The van der Waals surface area contributed by atoms with Crippen LogP contribution in [-0.2, 0) is 14.3 Å². The number of aliphatic imine (C=N–C) groups is 1. The number of hydrogen-bond donors (Lipinski definition) is 1. The van der Waals surface area contributed by atoms with E-state index in [0.717, 1.165) is 11.8 Å². The standard InChI is InChI=1S/C20H22BrNO6S/c1-5-15(23)22-19-16(20(25)28-7-3)17(24)14(29-19)10-11-8-12(21)18(27-6-2)13(9-11)26-4/h8-10,24H,5-7H2,1-4H3/b14-10-,22-19?. The lowest BCUT2D eigenvalue weighted by Gasteiger charge is -2.12. The van der Waals surface area contributed by atoms with E-state index in [-0.39, 0.29) is 29.4 Å². The Labute approximate surface area is 181 Å². The fourth-order valence-electron chi connectivity index (χ4n) is 2.44. The number of aliphatic hydroxyl groups is 1. The summed E-state index contributed by atoms with van der Waals surface area (Å²) >= 11 is 4.49. The molecule has 0 fully saturated rings. The molecule has 0 bridgehead atoms. The summed E-state index contributed by atoms with van der Waals surface area (Å²) in [6, 6.07) is 3.54. The number of esters is 1. The van der Waals surface area contributed by atoms with E-state index in [1.54, 1.807) is 32.1 Å². The Bertz CT molecular complexity index is 906. The Morgan fingerprint density at radius 1 is 1.24 bits per heavy atom. The molecule has 0 atom stereocenters. The van der Waals surface area contributed by atoms with Crippen molar-refractivity contribution in [3.8, 4) is 11.5 Å². The molecule has 7 nitrogen and oxygen atoms in total. The molecule has 0 saturated heterocycles. The van der Waals surface area contributed by atoms with Gasteiger partial charge in [-0.3, -0.25) is 4.79 Å². The van der Waals surface area contributed by atoms with Gasteiger partial charge in [0.25, 0.3) is 0 Å². The highest BCUT2D eigenvalue weighted by atomic mass is 79.9. The van der Waals surface area contributed by atoms with E-state index < -0.39 is 11.9 Å². The number of aliphatic hydroxyl groups excluding tert-OH is 1. The Morgan fingerprint density at radius 2 is 1.97 bits per heavy atom. The molecule has 9 heteroatoms. The van der Waals surface area contributed by atoms with Crippen LogP contribution < -0.4 is 9.47 Å². The van der Waals surface area contributed by atoms with Gasteiger partial charge >= 0.3 is 5.97 Å². The van der Waals surface area contributed by atoms with Crippen LogP contribution >= 0.6 is 27.7 Å². The SMILES string of the molecule is CCOC(=O)C1=C(O)/C(=C/c2cc(Br)c(OCC)c(OC)c2)SC1=NC(=O)CC.